The molecule has 1 aromatic heterocycles. The number of nitrogens with zero attached hydrogens (tertiary/aromatic N) is 3. The summed E-state index contributed by atoms with van der Waals surface area (Å²) in [7, 11) is 1.51. The van der Waals surface area contributed by atoms with Crippen LogP contribution >= 0.6 is 11.3 Å². The molecule has 4 rings (SSSR count). The van der Waals surface area contributed by atoms with Gasteiger partial charge in [-0.25, -0.2) is 0 Å². The summed E-state index contributed by atoms with van der Waals surface area (Å²) in [4.78, 5) is 29.6. The second kappa shape index (κ2) is 8.71. The van der Waals surface area contributed by atoms with E-state index in [1.807, 2.05) is 11.4 Å². The standard InChI is InChI=1S/C23H23F3N4O2S/c1-28-20(31)18-12-22(6-8-29(9-7-22)21(32)19-3-2-10-33-19)14-30(18)16-5-4-15(13-27)17(11-16)23(24,25)26/h2-5,10-11,18H,6-9,12,14H2,1H3,(H,28,31). The Hall–Kier alpha value is -3.06. The Labute approximate surface area is 193 Å². The number of nitrogens with one attached hydrogen (secondary N) is 1. The molecule has 0 saturated carbocycles. The zero-order valence-corrected chi connectivity index (χ0v) is 18.8. The number of hydrogen-bond donors (Lipinski definition) is 1. The first-order valence-corrected chi connectivity index (χ1v) is 11.5. The highest BCUT2D eigenvalue weighted by Gasteiger charge is 2.49. The largest absolute Gasteiger partial charge is 0.417 e. The summed E-state index contributed by atoms with van der Waals surface area (Å²) in [6.45, 7) is 1.48. The van der Waals surface area contributed by atoms with E-state index in [0.29, 0.717) is 43.8 Å². The van der Waals surface area contributed by atoms with Gasteiger partial charge in [0.05, 0.1) is 22.1 Å². The fraction of sp³-hybridized carbons (Fsp3) is 0.435. The van der Waals surface area contributed by atoms with Crippen LogP contribution in [0.2, 0.25) is 0 Å². The van der Waals surface area contributed by atoms with Gasteiger partial charge in [0, 0.05) is 32.4 Å². The molecule has 6 nitrogen and oxygen atoms in total. The van der Waals surface area contributed by atoms with E-state index in [1.54, 1.807) is 21.9 Å². The summed E-state index contributed by atoms with van der Waals surface area (Å²) < 4.78 is 40.6. The molecule has 1 N–H and O–H groups in total. The van der Waals surface area contributed by atoms with E-state index in [1.165, 1.54) is 24.5 Å². The third-order valence-electron chi connectivity index (χ3n) is 6.66. The highest BCUT2D eigenvalue weighted by Crippen LogP contribution is 2.46. The minimum atomic E-state index is -4.67. The fourth-order valence-corrected chi connectivity index (χ4v) is 5.56. The lowest BCUT2D eigenvalue weighted by molar-refractivity contribution is -0.137. The van der Waals surface area contributed by atoms with Crippen LogP contribution in [0, 0.1) is 16.7 Å². The van der Waals surface area contributed by atoms with Crippen LogP contribution < -0.4 is 10.2 Å². The quantitative estimate of drug-likeness (QED) is 0.730. The molecule has 174 valence electrons. The number of thiophene rings is 1. The third-order valence-corrected chi connectivity index (χ3v) is 7.52. The number of amides is 2. The first-order chi connectivity index (χ1) is 15.7. The molecule has 2 saturated heterocycles. The Balaban J connectivity index is 1.58. The smallest absolute Gasteiger partial charge is 0.359 e. The van der Waals surface area contributed by atoms with Crippen molar-refractivity contribution in [2.45, 2.75) is 31.5 Å². The van der Waals surface area contributed by atoms with Gasteiger partial charge >= 0.3 is 6.18 Å². The Morgan fingerprint density at radius 2 is 1.97 bits per heavy atom. The lowest BCUT2D eigenvalue weighted by Crippen LogP contribution is -2.44. The number of hydrogen-bond acceptors (Lipinski definition) is 5. The number of halogens is 3. The van der Waals surface area contributed by atoms with Crippen molar-refractivity contribution in [1.29, 1.82) is 5.26 Å². The minimum absolute atomic E-state index is 0.0144. The number of likely N-dealkylation sites (tertiary alicyclic amines) is 1. The molecule has 2 aliphatic heterocycles. The van der Waals surface area contributed by atoms with Crippen molar-refractivity contribution in [1.82, 2.24) is 10.2 Å². The van der Waals surface area contributed by atoms with Crippen LogP contribution in [-0.2, 0) is 11.0 Å². The van der Waals surface area contributed by atoms with Crippen LogP contribution in [0.25, 0.3) is 0 Å². The Bertz CT molecular complexity index is 1090. The van der Waals surface area contributed by atoms with E-state index in [0.717, 1.165) is 12.1 Å². The van der Waals surface area contributed by atoms with Crippen molar-refractivity contribution < 1.29 is 22.8 Å². The topological polar surface area (TPSA) is 76.4 Å². The molecule has 0 bridgehead atoms. The maximum Gasteiger partial charge on any atom is 0.417 e. The van der Waals surface area contributed by atoms with Gasteiger partial charge in [-0.1, -0.05) is 6.07 Å². The predicted octanol–water partition coefficient (Wildman–Crippen LogP) is 3.89. The molecule has 1 spiro atoms. The van der Waals surface area contributed by atoms with Gasteiger partial charge in [-0.05, 0) is 54.3 Å². The van der Waals surface area contributed by atoms with Crippen LogP contribution in [0.4, 0.5) is 18.9 Å². The van der Waals surface area contributed by atoms with E-state index in [9.17, 15) is 22.8 Å². The summed E-state index contributed by atoms with van der Waals surface area (Å²) >= 11 is 1.39. The number of rotatable bonds is 3. The van der Waals surface area contributed by atoms with E-state index in [4.69, 9.17) is 5.26 Å². The first-order valence-electron chi connectivity index (χ1n) is 10.6. The van der Waals surface area contributed by atoms with Crippen LogP contribution in [0.1, 0.15) is 40.1 Å². The molecule has 1 aromatic carbocycles. The molecule has 1 unspecified atom stereocenters. The van der Waals surface area contributed by atoms with Crippen molar-refractivity contribution in [3.05, 3.63) is 51.7 Å². The lowest BCUT2D eigenvalue weighted by Gasteiger charge is -2.39. The predicted molar refractivity (Wildman–Crippen MR) is 118 cm³/mol. The molecule has 2 amide bonds. The van der Waals surface area contributed by atoms with E-state index >= 15 is 0 Å². The molecule has 1 atom stereocenters. The number of carbonyl (C=O) groups excluding carboxylic acids is 2. The van der Waals surface area contributed by atoms with Gasteiger partial charge in [0.1, 0.15) is 6.04 Å². The normalized spacial score (nSPS) is 20.0. The second-order valence-electron chi connectivity index (χ2n) is 8.57. The third kappa shape index (κ3) is 4.42. The van der Waals surface area contributed by atoms with Crippen molar-refractivity contribution in [2.75, 3.05) is 31.6 Å². The van der Waals surface area contributed by atoms with Gasteiger partial charge in [-0.15, -0.1) is 11.3 Å². The van der Waals surface area contributed by atoms with E-state index in [-0.39, 0.29) is 22.9 Å². The van der Waals surface area contributed by atoms with Crippen molar-refractivity contribution >= 4 is 28.8 Å². The molecule has 2 aliphatic rings. The number of carbonyl (C=O) groups is 2. The number of piperidine rings is 1. The fourth-order valence-electron chi connectivity index (χ4n) is 4.87. The number of nitriles is 1. The number of anilines is 1. The number of alkyl halides is 3. The molecular formula is C23H23F3N4O2S. The highest BCUT2D eigenvalue weighted by molar-refractivity contribution is 7.12. The summed E-state index contributed by atoms with van der Waals surface area (Å²) in [6.07, 6.45) is -2.85. The minimum Gasteiger partial charge on any atom is -0.359 e. The van der Waals surface area contributed by atoms with Crippen LogP contribution in [0.5, 0.6) is 0 Å². The molecule has 10 heteroatoms. The second-order valence-corrected chi connectivity index (χ2v) is 9.52. The average molecular weight is 477 g/mol. The molecule has 2 fully saturated rings. The summed E-state index contributed by atoms with van der Waals surface area (Å²) in [5, 5.41) is 13.6. The molecule has 3 heterocycles. The average Bonchev–Trinajstić information content (AvgIpc) is 3.47. The van der Waals surface area contributed by atoms with E-state index in [2.05, 4.69) is 5.32 Å². The van der Waals surface area contributed by atoms with Gasteiger partial charge in [0.15, 0.2) is 0 Å². The SMILES string of the molecule is CNC(=O)C1CC2(CCN(C(=O)c3cccs3)CC2)CN1c1ccc(C#N)c(C(F)(F)F)c1. The summed E-state index contributed by atoms with van der Waals surface area (Å²) in [5.74, 6) is -0.277. The maximum absolute atomic E-state index is 13.5. The molecule has 0 aliphatic carbocycles. The van der Waals surface area contributed by atoms with Gasteiger partial charge in [-0.3, -0.25) is 9.59 Å². The summed E-state index contributed by atoms with van der Waals surface area (Å²) in [5.41, 5.74) is -1.47. The molecular weight excluding hydrogens is 453 g/mol. The zero-order valence-electron chi connectivity index (χ0n) is 18.0. The Morgan fingerprint density at radius 3 is 2.55 bits per heavy atom. The van der Waals surface area contributed by atoms with Gasteiger partial charge in [0.2, 0.25) is 5.91 Å². The number of benzene rings is 1. The summed E-state index contributed by atoms with van der Waals surface area (Å²) in [6, 6.07) is 8.19. The van der Waals surface area contributed by atoms with E-state index < -0.39 is 23.3 Å². The van der Waals surface area contributed by atoms with Crippen molar-refractivity contribution in [3.8, 4) is 6.07 Å². The first kappa shape index (κ1) is 23.1. The Kier molecular flexibility index (Phi) is 6.10. The number of likely N-dealkylation sites (N-methyl/N-ethyl adjacent to an activating group) is 1. The lowest BCUT2D eigenvalue weighted by atomic mass is 9.76. The Morgan fingerprint density at radius 1 is 1.24 bits per heavy atom. The van der Waals surface area contributed by atoms with Crippen LogP contribution in [-0.4, -0.2) is 49.4 Å². The van der Waals surface area contributed by atoms with Gasteiger partial charge < -0.3 is 15.1 Å². The highest BCUT2D eigenvalue weighted by atomic mass is 32.1. The monoisotopic (exact) mass is 476 g/mol. The molecule has 33 heavy (non-hydrogen) atoms. The van der Waals surface area contributed by atoms with Crippen LogP contribution in [0.15, 0.2) is 35.7 Å². The zero-order chi connectivity index (χ0) is 23.8. The van der Waals surface area contributed by atoms with Gasteiger partial charge in [-0.2, -0.15) is 18.4 Å². The van der Waals surface area contributed by atoms with Crippen molar-refractivity contribution in [3.63, 3.8) is 0 Å². The maximum atomic E-state index is 13.5. The van der Waals surface area contributed by atoms with Crippen molar-refractivity contribution in [2.24, 2.45) is 5.41 Å². The van der Waals surface area contributed by atoms with Gasteiger partial charge in [0.25, 0.3) is 5.91 Å². The molecule has 2 aromatic rings. The van der Waals surface area contributed by atoms with Crippen LogP contribution in [0.3, 0.4) is 0 Å². The molecule has 0 radical (unpaired) electrons.